The zero-order valence-corrected chi connectivity index (χ0v) is 13.4. The summed E-state index contributed by atoms with van der Waals surface area (Å²) in [5.41, 5.74) is -0.0150. The Morgan fingerprint density at radius 1 is 1.33 bits per heavy atom. The van der Waals surface area contributed by atoms with E-state index in [0.717, 1.165) is 0 Å². The number of carbonyl (C=O) groups excluding carboxylic acids is 3. The first-order valence-corrected chi connectivity index (χ1v) is 7.98. The van der Waals surface area contributed by atoms with Gasteiger partial charge in [0.25, 0.3) is 0 Å². The highest BCUT2D eigenvalue weighted by molar-refractivity contribution is 6.23. The molecule has 0 aliphatic carbocycles. The number of anilines is 1. The van der Waals surface area contributed by atoms with E-state index in [1.807, 2.05) is 19.1 Å². The summed E-state index contributed by atoms with van der Waals surface area (Å²) in [6.45, 7) is 3.82. The Kier molecular flexibility index (Phi) is 3.15. The fourth-order valence-corrected chi connectivity index (χ4v) is 3.89. The summed E-state index contributed by atoms with van der Waals surface area (Å²) in [7, 11) is 0. The first-order chi connectivity index (χ1) is 11.5. The molecule has 0 spiro atoms. The fourth-order valence-electron chi connectivity index (χ4n) is 3.89. The van der Waals surface area contributed by atoms with E-state index in [9.17, 15) is 14.4 Å². The lowest BCUT2D eigenvalue weighted by atomic mass is 9.78. The fraction of sp³-hybridized carbons (Fsp3) is 0.389. The van der Waals surface area contributed by atoms with Gasteiger partial charge >= 0.3 is 5.97 Å². The molecular formula is C18H17NO5. The van der Waals surface area contributed by atoms with Crippen LogP contribution < -0.4 is 4.90 Å². The molecule has 6 nitrogen and oxygen atoms in total. The number of ether oxygens (including phenoxy) is 2. The molecule has 1 aromatic carbocycles. The molecular weight excluding hydrogens is 310 g/mol. The third kappa shape index (κ3) is 1.89. The van der Waals surface area contributed by atoms with Gasteiger partial charge in [-0.25, -0.2) is 9.69 Å². The summed E-state index contributed by atoms with van der Waals surface area (Å²) >= 11 is 0. The lowest BCUT2D eigenvalue weighted by Gasteiger charge is -2.24. The Morgan fingerprint density at radius 3 is 2.83 bits per heavy atom. The summed E-state index contributed by atoms with van der Waals surface area (Å²) in [5.74, 6) is -2.02. The number of benzene rings is 1. The molecule has 4 atom stereocenters. The van der Waals surface area contributed by atoms with Crippen molar-refractivity contribution in [2.45, 2.75) is 25.6 Å². The minimum atomic E-state index is -0.727. The van der Waals surface area contributed by atoms with Gasteiger partial charge in [0, 0.05) is 0 Å². The number of fused-ring (bicyclic) bond motifs is 5. The maximum Gasteiger partial charge on any atom is 0.338 e. The van der Waals surface area contributed by atoms with Gasteiger partial charge in [-0.1, -0.05) is 18.2 Å². The Balaban J connectivity index is 1.69. The van der Waals surface area contributed by atoms with E-state index in [1.165, 1.54) is 11.0 Å². The molecule has 4 rings (SSSR count). The van der Waals surface area contributed by atoms with E-state index in [-0.39, 0.29) is 24.5 Å². The van der Waals surface area contributed by atoms with Crippen molar-refractivity contribution in [2.75, 3.05) is 11.5 Å². The molecule has 2 saturated heterocycles. The number of carbonyl (C=O) groups is 3. The zero-order valence-electron chi connectivity index (χ0n) is 13.4. The third-order valence-corrected chi connectivity index (χ3v) is 4.94. The number of amides is 2. The molecule has 24 heavy (non-hydrogen) atoms. The molecule has 3 heterocycles. The van der Waals surface area contributed by atoms with Crippen LogP contribution in [0.1, 0.15) is 24.2 Å². The number of esters is 1. The largest absolute Gasteiger partial charge is 0.462 e. The van der Waals surface area contributed by atoms with Crippen molar-refractivity contribution in [3.63, 3.8) is 0 Å². The minimum absolute atomic E-state index is 0.262. The quantitative estimate of drug-likeness (QED) is 0.480. The van der Waals surface area contributed by atoms with Gasteiger partial charge in [0.2, 0.25) is 11.8 Å². The van der Waals surface area contributed by atoms with Crippen LogP contribution in [0.25, 0.3) is 0 Å². The molecule has 1 aromatic rings. The summed E-state index contributed by atoms with van der Waals surface area (Å²) < 4.78 is 10.8. The monoisotopic (exact) mass is 327 g/mol. The van der Waals surface area contributed by atoms with E-state index in [2.05, 4.69) is 0 Å². The van der Waals surface area contributed by atoms with Crippen molar-refractivity contribution in [1.82, 2.24) is 0 Å². The van der Waals surface area contributed by atoms with Gasteiger partial charge in [-0.2, -0.15) is 0 Å². The molecule has 0 radical (unpaired) electrons. The van der Waals surface area contributed by atoms with Crippen LogP contribution in [0.5, 0.6) is 0 Å². The average molecular weight is 327 g/mol. The first kappa shape index (κ1) is 15.1. The van der Waals surface area contributed by atoms with Crippen molar-refractivity contribution in [3.8, 4) is 0 Å². The van der Waals surface area contributed by atoms with Gasteiger partial charge < -0.3 is 9.47 Å². The van der Waals surface area contributed by atoms with Gasteiger partial charge in [0.05, 0.1) is 41.4 Å². The van der Waals surface area contributed by atoms with Gasteiger partial charge in [0.15, 0.2) is 0 Å². The van der Waals surface area contributed by atoms with Crippen LogP contribution in [-0.2, 0) is 19.1 Å². The Hall–Kier alpha value is -2.47. The highest BCUT2D eigenvalue weighted by Gasteiger charge is 2.66. The van der Waals surface area contributed by atoms with E-state index in [4.69, 9.17) is 9.47 Å². The lowest BCUT2D eigenvalue weighted by molar-refractivity contribution is -0.126. The number of imide groups is 1. The molecule has 6 heteroatoms. The van der Waals surface area contributed by atoms with E-state index in [1.54, 1.807) is 25.1 Å². The second-order valence-corrected chi connectivity index (χ2v) is 6.41. The van der Waals surface area contributed by atoms with Gasteiger partial charge in [-0.15, -0.1) is 0 Å². The van der Waals surface area contributed by atoms with Crippen molar-refractivity contribution < 1.29 is 23.9 Å². The van der Waals surface area contributed by atoms with Crippen LogP contribution in [-0.4, -0.2) is 36.1 Å². The SMILES string of the molecule is CCOC(=O)c1cccc(N2C(=O)[C@@H]3[C@@H](C2=O)[C@@]2(C)C=C[C@H]3O2)c1. The second kappa shape index (κ2) is 5.01. The van der Waals surface area contributed by atoms with Gasteiger partial charge in [-0.3, -0.25) is 9.59 Å². The molecule has 3 aliphatic heterocycles. The lowest BCUT2D eigenvalue weighted by Crippen LogP contribution is -2.38. The summed E-state index contributed by atoms with van der Waals surface area (Å²) in [6.07, 6.45) is 3.36. The van der Waals surface area contributed by atoms with Crippen molar-refractivity contribution in [3.05, 3.63) is 42.0 Å². The van der Waals surface area contributed by atoms with Crippen LogP contribution >= 0.6 is 0 Å². The Morgan fingerprint density at radius 2 is 2.12 bits per heavy atom. The third-order valence-electron chi connectivity index (χ3n) is 4.94. The normalized spacial score (nSPS) is 33.2. The van der Waals surface area contributed by atoms with Crippen molar-refractivity contribution in [1.29, 1.82) is 0 Å². The van der Waals surface area contributed by atoms with E-state index >= 15 is 0 Å². The van der Waals surface area contributed by atoms with E-state index < -0.39 is 23.4 Å². The van der Waals surface area contributed by atoms with Crippen molar-refractivity contribution in [2.24, 2.45) is 11.8 Å². The number of hydrogen-bond donors (Lipinski definition) is 0. The molecule has 0 N–H and O–H groups in total. The molecule has 2 fully saturated rings. The number of rotatable bonds is 3. The summed E-state index contributed by atoms with van der Waals surface area (Å²) in [6, 6.07) is 6.41. The Labute approximate surface area is 139 Å². The van der Waals surface area contributed by atoms with E-state index in [0.29, 0.717) is 11.3 Å². The number of hydrogen-bond acceptors (Lipinski definition) is 5. The topological polar surface area (TPSA) is 72.9 Å². The van der Waals surface area contributed by atoms with Crippen LogP contribution in [0, 0.1) is 11.8 Å². The maximum absolute atomic E-state index is 12.9. The van der Waals surface area contributed by atoms with Crippen LogP contribution in [0.3, 0.4) is 0 Å². The smallest absolute Gasteiger partial charge is 0.338 e. The minimum Gasteiger partial charge on any atom is -0.462 e. The molecule has 0 unspecified atom stereocenters. The van der Waals surface area contributed by atoms with Crippen LogP contribution in [0.4, 0.5) is 5.69 Å². The standard InChI is InChI=1S/C18H17NO5/c1-3-23-17(22)10-5-4-6-11(9-10)19-15(20)13-12-7-8-18(2,24-12)14(13)16(19)21/h4-9,12-14H,3H2,1-2H3/t12-,13+,14+,18-/m1/s1. The van der Waals surface area contributed by atoms with Crippen molar-refractivity contribution >= 4 is 23.5 Å². The zero-order chi connectivity index (χ0) is 17.1. The molecule has 2 amide bonds. The highest BCUT2D eigenvalue weighted by atomic mass is 16.5. The summed E-state index contributed by atoms with van der Waals surface area (Å²) in [5, 5.41) is 0. The molecule has 0 aromatic heterocycles. The molecule has 124 valence electrons. The first-order valence-electron chi connectivity index (χ1n) is 7.98. The van der Waals surface area contributed by atoms with Crippen LogP contribution in [0.2, 0.25) is 0 Å². The molecule has 2 bridgehead atoms. The predicted molar refractivity (Wildman–Crippen MR) is 84.3 cm³/mol. The van der Waals surface area contributed by atoms with Crippen LogP contribution in [0.15, 0.2) is 36.4 Å². The molecule has 3 aliphatic rings. The highest BCUT2D eigenvalue weighted by Crippen LogP contribution is 2.52. The second-order valence-electron chi connectivity index (χ2n) is 6.41. The van der Waals surface area contributed by atoms with Gasteiger partial charge in [-0.05, 0) is 32.0 Å². The molecule has 0 saturated carbocycles. The summed E-state index contributed by atoms with van der Waals surface area (Å²) in [4.78, 5) is 38.8. The number of nitrogens with zero attached hydrogens (tertiary/aromatic N) is 1. The maximum atomic E-state index is 12.9. The van der Waals surface area contributed by atoms with Gasteiger partial charge in [0.1, 0.15) is 0 Å². The predicted octanol–water partition coefficient (Wildman–Crippen LogP) is 1.70. The Bertz CT molecular complexity index is 785. The average Bonchev–Trinajstić information content (AvgIpc) is 3.17.